The number of benzene rings is 11. The summed E-state index contributed by atoms with van der Waals surface area (Å²) < 4.78 is 32.8. The molecule has 338 valence electrons. The van der Waals surface area contributed by atoms with Crippen LogP contribution in [-0.4, -0.2) is 0 Å². The Balaban J connectivity index is 1.05. The minimum Gasteiger partial charge on any atom is -0.207 e. The molecule has 11 aromatic rings. The van der Waals surface area contributed by atoms with Gasteiger partial charge in [0, 0.05) is 10.8 Å². The maximum Gasteiger partial charge on any atom is 0.123 e. The lowest BCUT2D eigenvalue weighted by Crippen LogP contribution is -2.27. The zero-order valence-corrected chi connectivity index (χ0v) is 40.2. The van der Waals surface area contributed by atoms with E-state index in [2.05, 4.69) is 185 Å². The standard InChI is InChI=1S/C70H44F2/c1-67(2)55-27-21-37-13-5-7-15-41(37)65(55)51-35-63-47(31-57(51)67)49-33-62-50(34-61(49)69(63)53-19-11-9-17-43(53)45-25-23-39(71)29-59(45)69)48-32-58-52(66-42-16-8-6-14-38(42)22-28-56(66)68(58,3)4)36-64(48)70(62)54-20-12-10-18-44(54)46-26-24-40(72)30-60(46)70/h5-36H,1-4H3. The molecule has 11 aromatic carbocycles. The Labute approximate surface area is 416 Å². The van der Waals surface area contributed by atoms with E-state index >= 15 is 8.78 Å². The molecule has 0 N–H and O–H groups in total. The van der Waals surface area contributed by atoms with Crippen LogP contribution in [0.3, 0.4) is 0 Å². The Kier molecular flexibility index (Phi) is 6.93. The fourth-order valence-corrected chi connectivity index (χ4v) is 15.8. The van der Waals surface area contributed by atoms with Crippen LogP contribution in [0.4, 0.5) is 8.78 Å². The van der Waals surface area contributed by atoms with E-state index in [-0.39, 0.29) is 22.5 Å². The summed E-state index contributed by atoms with van der Waals surface area (Å²) in [5.74, 6) is -0.489. The van der Waals surface area contributed by atoms with Crippen molar-refractivity contribution in [1.29, 1.82) is 0 Å². The van der Waals surface area contributed by atoms with Crippen molar-refractivity contribution in [3.05, 3.63) is 273 Å². The summed E-state index contributed by atoms with van der Waals surface area (Å²) in [7, 11) is 0. The van der Waals surface area contributed by atoms with E-state index in [1.54, 1.807) is 12.1 Å². The van der Waals surface area contributed by atoms with Gasteiger partial charge in [0.25, 0.3) is 0 Å². The largest absolute Gasteiger partial charge is 0.207 e. The molecule has 0 fully saturated rings. The third-order valence-corrected chi connectivity index (χ3v) is 18.8. The molecule has 0 radical (unpaired) electrons. The van der Waals surface area contributed by atoms with Crippen LogP contribution < -0.4 is 0 Å². The smallest absolute Gasteiger partial charge is 0.123 e. The molecule has 2 atom stereocenters. The molecular weight excluding hydrogens is 879 g/mol. The van der Waals surface area contributed by atoms with Gasteiger partial charge in [-0.25, -0.2) is 8.78 Å². The van der Waals surface area contributed by atoms with Gasteiger partial charge in [0.05, 0.1) is 10.8 Å². The Morgan fingerprint density at radius 2 is 0.583 bits per heavy atom. The Morgan fingerprint density at radius 3 is 1.01 bits per heavy atom. The normalized spacial score (nSPS) is 19.3. The molecule has 2 unspecified atom stereocenters. The molecule has 0 saturated heterocycles. The second kappa shape index (κ2) is 12.6. The van der Waals surface area contributed by atoms with Crippen LogP contribution in [0, 0.1) is 11.6 Å². The zero-order chi connectivity index (χ0) is 47.9. The van der Waals surface area contributed by atoms with Gasteiger partial charge in [-0.15, -0.1) is 0 Å². The predicted molar refractivity (Wildman–Crippen MR) is 289 cm³/mol. The predicted octanol–water partition coefficient (Wildman–Crippen LogP) is 17.6. The average molecular weight is 923 g/mol. The Morgan fingerprint density at radius 1 is 0.250 bits per heavy atom. The van der Waals surface area contributed by atoms with E-state index in [9.17, 15) is 0 Å². The fraction of sp³-hybridized carbons (Fsp3) is 0.114. The summed E-state index contributed by atoms with van der Waals surface area (Å²) in [6.07, 6.45) is 0. The molecule has 0 nitrogen and oxygen atoms in total. The maximum atomic E-state index is 16.4. The second-order valence-electron chi connectivity index (χ2n) is 22.5. The summed E-state index contributed by atoms with van der Waals surface area (Å²) in [5.41, 5.74) is 26.0. The maximum absolute atomic E-state index is 16.4. The summed E-state index contributed by atoms with van der Waals surface area (Å²) >= 11 is 0. The molecule has 2 heteroatoms. The topological polar surface area (TPSA) is 0 Å². The van der Waals surface area contributed by atoms with Crippen LogP contribution in [0.15, 0.2) is 194 Å². The molecule has 0 saturated carbocycles. The lowest BCUT2D eigenvalue weighted by Gasteiger charge is -2.32. The Hall–Kier alpha value is -8.20. The summed E-state index contributed by atoms with van der Waals surface area (Å²) in [5, 5.41) is 4.94. The lowest BCUT2D eigenvalue weighted by molar-refractivity contribution is 0.621. The van der Waals surface area contributed by atoms with Crippen LogP contribution in [0.1, 0.15) is 94.5 Å². The van der Waals surface area contributed by atoms with Crippen molar-refractivity contribution in [3.63, 3.8) is 0 Å². The summed E-state index contributed by atoms with van der Waals surface area (Å²) in [6.45, 7) is 9.49. The molecule has 6 aliphatic carbocycles. The van der Waals surface area contributed by atoms with E-state index in [4.69, 9.17) is 0 Å². The van der Waals surface area contributed by atoms with E-state index in [1.165, 1.54) is 99.4 Å². The molecular formula is C70H44F2. The molecule has 0 amide bonds. The van der Waals surface area contributed by atoms with Crippen LogP contribution in [0.25, 0.3) is 88.3 Å². The quantitative estimate of drug-likeness (QED) is 0.142. The first kappa shape index (κ1) is 39.5. The highest BCUT2D eigenvalue weighted by Gasteiger charge is 2.58. The number of hydrogen-bond donors (Lipinski definition) is 0. The van der Waals surface area contributed by atoms with Crippen LogP contribution in [-0.2, 0) is 21.7 Å². The molecule has 2 spiro atoms. The highest BCUT2D eigenvalue weighted by Crippen LogP contribution is 2.70. The van der Waals surface area contributed by atoms with Crippen LogP contribution in [0.5, 0.6) is 0 Å². The third kappa shape index (κ3) is 4.25. The molecule has 0 heterocycles. The molecule has 0 aliphatic heterocycles. The van der Waals surface area contributed by atoms with E-state index in [0.717, 1.165) is 55.6 Å². The Bertz CT molecular complexity index is 4150. The highest BCUT2D eigenvalue weighted by atomic mass is 19.1. The first-order valence-electron chi connectivity index (χ1n) is 25.4. The lowest BCUT2D eigenvalue weighted by atomic mass is 9.68. The van der Waals surface area contributed by atoms with Crippen molar-refractivity contribution in [1.82, 2.24) is 0 Å². The molecule has 72 heavy (non-hydrogen) atoms. The summed E-state index contributed by atoms with van der Waals surface area (Å²) in [4.78, 5) is 0. The van der Waals surface area contributed by atoms with Gasteiger partial charge in [0.15, 0.2) is 0 Å². The van der Waals surface area contributed by atoms with E-state index in [0.29, 0.717) is 0 Å². The van der Waals surface area contributed by atoms with Crippen molar-refractivity contribution in [2.24, 2.45) is 0 Å². The minimum absolute atomic E-state index is 0.244. The monoisotopic (exact) mass is 922 g/mol. The minimum atomic E-state index is -0.834. The van der Waals surface area contributed by atoms with Crippen LogP contribution in [0.2, 0.25) is 0 Å². The van der Waals surface area contributed by atoms with Crippen LogP contribution >= 0.6 is 0 Å². The van der Waals surface area contributed by atoms with Crippen molar-refractivity contribution >= 4 is 21.5 Å². The van der Waals surface area contributed by atoms with Crippen molar-refractivity contribution in [2.75, 3.05) is 0 Å². The van der Waals surface area contributed by atoms with Gasteiger partial charge < -0.3 is 0 Å². The SMILES string of the molecule is CC1(C)c2cc3c(cc2-c2c1ccc1ccccc21)C1(c2ccccc2-c2ccc(F)cc21)c1cc2c(cc1-3)C1(c3ccccc3-c3ccc(F)cc31)c1cc3c(cc1-2)C(C)(C)c1ccc2ccccc2c1-3. The highest BCUT2D eigenvalue weighted by molar-refractivity contribution is 6.08. The van der Waals surface area contributed by atoms with Crippen molar-refractivity contribution < 1.29 is 8.78 Å². The van der Waals surface area contributed by atoms with Crippen molar-refractivity contribution in [3.8, 4) is 66.8 Å². The second-order valence-corrected chi connectivity index (χ2v) is 22.5. The van der Waals surface area contributed by atoms with Gasteiger partial charge in [0.2, 0.25) is 0 Å². The average Bonchev–Trinajstić information content (AvgIpc) is 4.17. The zero-order valence-electron chi connectivity index (χ0n) is 40.2. The number of rotatable bonds is 0. The van der Waals surface area contributed by atoms with Gasteiger partial charge in [-0.1, -0.05) is 161 Å². The van der Waals surface area contributed by atoms with Gasteiger partial charge in [-0.05, 0) is 216 Å². The van der Waals surface area contributed by atoms with Gasteiger partial charge in [-0.3, -0.25) is 0 Å². The number of halogens is 2. The molecule has 6 aliphatic rings. The molecule has 0 bridgehead atoms. The fourth-order valence-electron chi connectivity index (χ4n) is 15.8. The van der Waals surface area contributed by atoms with E-state index in [1.807, 2.05) is 24.3 Å². The number of hydrogen-bond acceptors (Lipinski definition) is 0. The molecule has 17 rings (SSSR count). The number of fused-ring (bicyclic) bond motifs is 30. The van der Waals surface area contributed by atoms with E-state index < -0.39 is 10.8 Å². The summed E-state index contributed by atoms with van der Waals surface area (Å²) in [6, 6.07) is 70.3. The third-order valence-electron chi connectivity index (χ3n) is 18.8. The van der Waals surface area contributed by atoms with Crippen molar-refractivity contribution in [2.45, 2.75) is 49.4 Å². The van der Waals surface area contributed by atoms with Gasteiger partial charge in [-0.2, -0.15) is 0 Å². The van der Waals surface area contributed by atoms with Gasteiger partial charge in [0.1, 0.15) is 11.6 Å². The first-order chi connectivity index (χ1) is 35.0. The first-order valence-corrected chi connectivity index (χ1v) is 25.4. The molecule has 0 aromatic heterocycles. The van der Waals surface area contributed by atoms with Gasteiger partial charge >= 0.3 is 0 Å².